The molecule has 0 aliphatic carbocycles. The van der Waals surface area contributed by atoms with Gasteiger partial charge in [0.25, 0.3) is 0 Å². The zero-order valence-corrected chi connectivity index (χ0v) is 17.3. The quantitative estimate of drug-likeness (QED) is 0.686. The topological polar surface area (TPSA) is 97.0 Å². The molecule has 1 atom stereocenters. The van der Waals surface area contributed by atoms with Crippen molar-refractivity contribution in [1.82, 2.24) is 15.5 Å². The van der Waals surface area contributed by atoms with Crippen LogP contribution in [0.5, 0.6) is 0 Å². The lowest BCUT2D eigenvalue weighted by molar-refractivity contribution is -0.136. The molecule has 0 bridgehead atoms. The Labute approximate surface area is 171 Å². The Hall–Kier alpha value is -2.61. The Balaban J connectivity index is 1.80. The van der Waals surface area contributed by atoms with Crippen molar-refractivity contribution >= 4 is 17.9 Å². The van der Waals surface area contributed by atoms with Crippen molar-refractivity contribution in [2.24, 2.45) is 5.92 Å². The monoisotopic (exact) mass is 405 g/mol. The molecule has 8 heteroatoms. The largest absolute Gasteiger partial charge is 0.445 e. The predicted octanol–water partition coefficient (Wildman–Crippen LogP) is 1.69. The third-order valence-electron chi connectivity index (χ3n) is 4.90. The van der Waals surface area contributed by atoms with E-state index in [4.69, 9.17) is 9.47 Å². The highest BCUT2D eigenvalue weighted by molar-refractivity contribution is 5.86. The first-order chi connectivity index (χ1) is 13.9. The highest BCUT2D eigenvalue weighted by atomic mass is 16.5. The van der Waals surface area contributed by atoms with Gasteiger partial charge in [0, 0.05) is 26.2 Å². The summed E-state index contributed by atoms with van der Waals surface area (Å²) >= 11 is 0. The molecule has 0 spiro atoms. The van der Waals surface area contributed by atoms with Crippen LogP contribution in [0.4, 0.5) is 4.79 Å². The molecular weight excluding hydrogens is 374 g/mol. The van der Waals surface area contributed by atoms with Crippen LogP contribution < -0.4 is 10.6 Å². The summed E-state index contributed by atoms with van der Waals surface area (Å²) in [6.45, 7) is 5.11. The van der Waals surface area contributed by atoms with Crippen molar-refractivity contribution in [2.45, 2.75) is 45.4 Å². The number of amides is 3. The number of rotatable bonds is 8. The van der Waals surface area contributed by atoms with E-state index in [1.54, 1.807) is 4.90 Å². The standard InChI is InChI=1S/C21H31N3O5/c1-15(2)19(23-21(27)29-13-16-7-5-4-6-8-16)20(26)22-17-9-11-24(12-10-17)18(25)14-28-3/h4-8,15,17,19H,9-14H2,1-3H3,(H,22,26)(H,23,27)/t19-/m1/s1. The van der Waals surface area contributed by atoms with Gasteiger partial charge in [0.05, 0.1) is 0 Å². The lowest BCUT2D eigenvalue weighted by Crippen LogP contribution is -2.54. The van der Waals surface area contributed by atoms with Crippen LogP contribution in [0.15, 0.2) is 30.3 Å². The van der Waals surface area contributed by atoms with E-state index in [9.17, 15) is 14.4 Å². The van der Waals surface area contributed by atoms with Gasteiger partial charge in [-0.1, -0.05) is 44.2 Å². The van der Waals surface area contributed by atoms with E-state index < -0.39 is 12.1 Å². The van der Waals surface area contributed by atoms with Crippen molar-refractivity contribution in [3.8, 4) is 0 Å². The van der Waals surface area contributed by atoms with E-state index in [2.05, 4.69) is 10.6 Å². The molecule has 1 aliphatic heterocycles. The van der Waals surface area contributed by atoms with Crippen LogP contribution >= 0.6 is 0 Å². The molecule has 2 rings (SSSR count). The van der Waals surface area contributed by atoms with Crippen molar-refractivity contribution in [2.75, 3.05) is 26.8 Å². The average molecular weight is 405 g/mol. The van der Waals surface area contributed by atoms with Gasteiger partial charge in [0.2, 0.25) is 11.8 Å². The SMILES string of the molecule is COCC(=O)N1CCC(NC(=O)[C@H](NC(=O)OCc2ccccc2)C(C)C)CC1. The molecule has 1 heterocycles. The fraction of sp³-hybridized carbons (Fsp3) is 0.571. The number of methoxy groups -OCH3 is 1. The van der Waals surface area contributed by atoms with Gasteiger partial charge in [0.1, 0.15) is 19.3 Å². The van der Waals surface area contributed by atoms with E-state index in [0.717, 1.165) is 5.56 Å². The van der Waals surface area contributed by atoms with Gasteiger partial charge in [-0.3, -0.25) is 9.59 Å². The molecule has 29 heavy (non-hydrogen) atoms. The number of hydrogen-bond acceptors (Lipinski definition) is 5. The number of hydrogen-bond donors (Lipinski definition) is 2. The lowest BCUT2D eigenvalue weighted by Gasteiger charge is -2.33. The second-order valence-corrected chi connectivity index (χ2v) is 7.52. The fourth-order valence-corrected chi connectivity index (χ4v) is 3.21. The third kappa shape index (κ3) is 7.38. The molecule has 0 unspecified atom stereocenters. The zero-order chi connectivity index (χ0) is 21.2. The Morgan fingerprint density at radius 2 is 1.79 bits per heavy atom. The Morgan fingerprint density at radius 1 is 1.14 bits per heavy atom. The third-order valence-corrected chi connectivity index (χ3v) is 4.90. The summed E-state index contributed by atoms with van der Waals surface area (Å²) in [4.78, 5) is 38.4. The normalized spacial score (nSPS) is 15.7. The number of alkyl carbamates (subject to hydrolysis) is 1. The molecule has 1 saturated heterocycles. The molecule has 8 nitrogen and oxygen atoms in total. The number of nitrogens with zero attached hydrogens (tertiary/aromatic N) is 1. The first-order valence-corrected chi connectivity index (χ1v) is 9.95. The fourth-order valence-electron chi connectivity index (χ4n) is 3.21. The average Bonchev–Trinajstić information content (AvgIpc) is 2.71. The molecule has 1 aromatic carbocycles. The molecule has 160 valence electrons. The summed E-state index contributed by atoms with van der Waals surface area (Å²) in [5, 5.41) is 5.66. The summed E-state index contributed by atoms with van der Waals surface area (Å²) in [5.41, 5.74) is 0.878. The summed E-state index contributed by atoms with van der Waals surface area (Å²) in [6.07, 6.45) is 0.720. The van der Waals surface area contributed by atoms with Crippen LogP contribution in [0, 0.1) is 5.92 Å². The van der Waals surface area contributed by atoms with Gasteiger partial charge in [-0.15, -0.1) is 0 Å². The van der Waals surface area contributed by atoms with Gasteiger partial charge in [0.15, 0.2) is 0 Å². The molecule has 0 radical (unpaired) electrons. The van der Waals surface area contributed by atoms with Crippen molar-refractivity contribution in [1.29, 1.82) is 0 Å². The summed E-state index contributed by atoms with van der Waals surface area (Å²) < 4.78 is 10.1. The number of benzene rings is 1. The van der Waals surface area contributed by atoms with Gasteiger partial charge < -0.3 is 25.0 Å². The zero-order valence-electron chi connectivity index (χ0n) is 17.3. The van der Waals surface area contributed by atoms with E-state index in [1.165, 1.54) is 7.11 Å². The van der Waals surface area contributed by atoms with E-state index in [0.29, 0.717) is 25.9 Å². The molecule has 3 amide bonds. The van der Waals surface area contributed by atoms with E-state index in [1.807, 2.05) is 44.2 Å². The van der Waals surface area contributed by atoms with E-state index >= 15 is 0 Å². The number of ether oxygens (including phenoxy) is 2. The first kappa shape index (κ1) is 22.7. The highest BCUT2D eigenvalue weighted by Gasteiger charge is 2.29. The lowest BCUT2D eigenvalue weighted by atomic mass is 10.0. The number of nitrogens with one attached hydrogen (secondary N) is 2. The second kappa shape index (κ2) is 11.4. The second-order valence-electron chi connectivity index (χ2n) is 7.52. The minimum absolute atomic E-state index is 0.0301. The molecular formula is C21H31N3O5. The summed E-state index contributed by atoms with van der Waals surface area (Å²) in [6, 6.07) is 8.64. The van der Waals surface area contributed by atoms with Gasteiger partial charge in [-0.2, -0.15) is 0 Å². The minimum atomic E-state index is -0.688. The van der Waals surface area contributed by atoms with Crippen LogP contribution in [0.2, 0.25) is 0 Å². The molecule has 2 N–H and O–H groups in total. The number of carbonyl (C=O) groups is 3. The Bertz CT molecular complexity index is 672. The van der Waals surface area contributed by atoms with Crippen molar-refractivity contribution < 1.29 is 23.9 Å². The van der Waals surface area contributed by atoms with Gasteiger partial charge in [-0.05, 0) is 24.3 Å². The van der Waals surface area contributed by atoms with Crippen LogP contribution in [0.3, 0.4) is 0 Å². The van der Waals surface area contributed by atoms with Crippen LogP contribution in [-0.4, -0.2) is 61.7 Å². The maximum absolute atomic E-state index is 12.7. The molecule has 1 aliphatic rings. The number of likely N-dealkylation sites (tertiary alicyclic amines) is 1. The van der Waals surface area contributed by atoms with Crippen molar-refractivity contribution in [3.05, 3.63) is 35.9 Å². The number of carbonyl (C=O) groups excluding carboxylic acids is 3. The van der Waals surface area contributed by atoms with Crippen molar-refractivity contribution in [3.63, 3.8) is 0 Å². The van der Waals surface area contributed by atoms with E-state index in [-0.39, 0.29) is 37.0 Å². The van der Waals surface area contributed by atoms with Gasteiger partial charge in [-0.25, -0.2) is 4.79 Å². The number of piperidine rings is 1. The molecule has 0 saturated carbocycles. The molecule has 1 aromatic rings. The maximum Gasteiger partial charge on any atom is 0.408 e. The van der Waals surface area contributed by atoms with Crippen LogP contribution in [0.1, 0.15) is 32.3 Å². The highest BCUT2D eigenvalue weighted by Crippen LogP contribution is 2.12. The minimum Gasteiger partial charge on any atom is -0.445 e. The van der Waals surface area contributed by atoms with Crippen LogP contribution in [0.25, 0.3) is 0 Å². The Kier molecular flexibility index (Phi) is 8.92. The summed E-state index contributed by atoms with van der Waals surface area (Å²) in [7, 11) is 1.49. The van der Waals surface area contributed by atoms with Crippen LogP contribution in [-0.2, 0) is 25.7 Å². The summed E-state index contributed by atoms with van der Waals surface area (Å²) in [5.74, 6) is -0.374. The molecule has 1 fully saturated rings. The molecule has 0 aromatic heterocycles. The first-order valence-electron chi connectivity index (χ1n) is 9.95. The van der Waals surface area contributed by atoms with Gasteiger partial charge >= 0.3 is 6.09 Å². The maximum atomic E-state index is 12.7. The predicted molar refractivity (Wildman–Crippen MR) is 108 cm³/mol. The smallest absolute Gasteiger partial charge is 0.408 e. The Morgan fingerprint density at radius 3 is 2.38 bits per heavy atom.